The molecule has 3 heteroatoms. The molecule has 1 unspecified atom stereocenters. The van der Waals surface area contributed by atoms with Gasteiger partial charge in [0.15, 0.2) is 0 Å². The first-order valence-electron chi connectivity index (χ1n) is 6.67. The zero-order valence-electron chi connectivity index (χ0n) is 11.9. The average Bonchev–Trinajstić information content (AvgIpc) is 2.31. The van der Waals surface area contributed by atoms with Crippen LogP contribution >= 0.6 is 0 Å². The number of ether oxygens (including phenoxy) is 1. The molecule has 1 aliphatic rings. The van der Waals surface area contributed by atoms with Gasteiger partial charge in [0.05, 0.1) is 7.11 Å². The van der Waals surface area contributed by atoms with Gasteiger partial charge in [0.1, 0.15) is 5.75 Å². The molecule has 1 aromatic carbocycles. The molecule has 1 heterocycles. The lowest BCUT2D eigenvalue weighted by atomic mass is 9.98. The Labute approximate surface area is 110 Å². The Balaban J connectivity index is 2.22. The molecule has 1 saturated heterocycles. The van der Waals surface area contributed by atoms with E-state index in [1.54, 1.807) is 7.11 Å². The zero-order chi connectivity index (χ0) is 13.1. The second-order valence-electron chi connectivity index (χ2n) is 5.32. The Bertz CT molecular complexity index is 417. The monoisotopic (exact) mass is 248 g/mol. The van der Waals surface area contributed by atoms with Crippen molar-refractivity contribution in [2.24, 2.45) is 0 Å². The van der Waals surface area contributed by atoms with E-state index in [2.05, 4.69) is 43.2 Å². The molecule has 0 radical (unpaired) electrons. The quantitative estimate of drug-likeness (QED) is 0.882. The van der Waals surface area contributed by atoms with Crippen molar-refractivity contribution in [1.82, 2.24) is 10.2 Å². The molecule has 2 rings (SSSR count). The number of piperazine rings is 1. The molecule has 0 bridgehead atoms. The predicted molar refractivity (Wildman–Crippen MR) is 75.5 cm³/mol. The van der Waals surface area contributed by atoms with Crippen LogP contribution in [-0.4, -0.2) is 44.7 Å². The van der Waals surface area contributed by atoms with E-state index in [0.29, 0.717) is 6.04 Å². The minimum atomic E-state index is 0.564. The molecule has 3 nitrogen and oxygen atoms in total. The topological polar surface area (TPSA) is 24.5 Å². The lowest BCUT2D eigenvalue weighted by molar-refractivity contribution is 0.198. The summed E-state index contributed by atoms with van der Waals surface area (Å²) in [5, 5.41) is 3.47. The number of aryl methyl sites for hydroxylation is 2. The van der Waals surface area contributed by atoms with Gasteiger partial charge in [-0.05, 0) is 38.4 Å². The third kappa shape index (κ3) is 2.85. The number of benzene rings is 1. The molecule has 0 saturated carbocycles. The van der Waals surface area contributed by atoms with Crippen molar-refractivity contribution in [1.29, 1.82) is 0 Å². The van der Waals surface area contributed by atoms with Crippen molar-refractivity contribution in [3.63, 3.8) is 0 Å². The van der Waals surface area contributed by atoms with Crippen LogP contribution in [0.3, 0.4) is 0 Å². The molecule has 0 aliphatic carbocycles. The number of nitrogens with zero attached hydrogens (tertiary/aromatic N) is 1. The van der Waals surface area contributed by atoms with Crippen LogP contribution in [0.1, 0.15) is 16.7 Å². The first kappa shape index (κ1) is 13.4. The van der Waals surface area contributed by atoms with Crippen molar-refractivity contribution in [2.75, 3.05) is 33.8 Å². The van der Waals surface area contributed by atoms with Gasteiger partial charge < -0.3 is 15.0 Å². The molecule has 1 fully saturated rings. The molecular formula is C15H24N2O. The number of hydrogen-bond donors (Lipinski definition) is 1. The largest absolute Gasteiger partial charge is 0.496 e. The summed E-state index contributed by atoms with van der Waals surface area (Å²) in [6, 6.07) is 5.01. The van der Waals surface area contributed by atoms with E-state index in [1.165, 1.54) is 16.7 Å². The van der Waals surface area contributed by atoms with E-state index in [-0.39, 0.29) is 0 Å². The standard InChI is InChI=1S/C15H24N2O/c1-11-7-12(2)15(18-4)13(8-11)9-14-10-16-5-6-17(14)3/h7-8,14,16H,5-6,9-10H2,1-4H3. The van der Waals surface area contributed by atoms with Crippen LogP contribution in [0.5, 0.6) is 5.75 Å². The highest BCUT2D eigenvalue weighted by atomic mass is 16.5. The van der Waals surface area contributed by atoms with Crippen molar-refractivity contribution in [3.05, 3.63) is 28.8 Å². The van der Waals surface area contributed by atoms with Gasteiger partial charge in [0.25, 0.3) is 0 Å². The zero-order valence-corrected chi connectivity index (χ0v) is 11.9. The lowest BCUT2D eigenvalue weighted by Crippen LogP contribution is -2.50. The molecule has 0 spiro atoms. The molecule has 100 valence electrons. The van der Waals surface area contributed by atoms with Crippen LogP contribution in [0, 0.1) is 13.8 Å². The predicted octanol–water partition coefficient (Wildman–Crippen LogP) is 1.76. The number of hydrogen-bond acceptors (Lipinski definition) is 3. The second-order valence-corrected chi connectivity index (χ2v) is 5.32. The first-order chi connectivity index (χ1) is 8.61. The highest BCUT2D eigenvalue weighted by molar-refractivity contribution is 5.44. The Kier molecular flexibility index (Phi) is 4.25. The molecule has 1 aromatic rings. The van der Waals surface area contributed by atoms with Gasteiger partial charge in [0, 0.05) is 25.7 Å². The van der Waals surface area contributed by atoms with E-state index < -0.39 is 0 Å². The molecule has 18 heavy (non-hydrogen) atoms. The maximum Gasteiger partial charge on any atom is 0.125 e. The van der Waals surface area contributed by atoms with Gasteiger partial charge >= 0.3 is 0 Å². The van der Waals surface area contributed by atoms with Crippen LogP contribution in [0.15, 0.2) is 12.1 Å². The fraction of sp³-hybridized carbons (Fsp3) is 0.600. The third-order valence-electron chi connectivity index (χ3n) is 3.80. The van der Waals surface area contributed by atoms with Crippen molar-refractivity contribution < 1.29 is 4.74 Å². The van der Waals surface area contributed by atoms with Crippen LogP contribution in [-0.2, 0) is 6.42 Å². The molecule has 1 N–H and O–H groups in total. The van der Waals surface area contributed by atoms with Gasteiger partial charge in [-0.1, -0.05) is 17.7 Å². The van der Waals surface area contributed by atoms with Gasteiger partial charge in [-0.15, -0.1) is 0 Å². The fourth-order valence-electron chi connectivity index (χ4n) is 2.83. The van der Waals surface area contributed by atoms with E-state index >= 15 is 0 Å². The van der Waals surface area contributed by atoms with Gasteiger partial charge in [0.2, 0.25) is 0 Å². The van der Waals surface area contributed by atoms with Crippen LogP contribution in [0.4, 0.5) is 0 Å². The van der Waals surface area contributed by atoms with Gasteiger partial charge in [-0.3, -0.25) is 0 Å². The molecule has 1 aliphatic heterocycles. The third-order valence-corrected chi connectivity index (χ3v) is 3.80. The summed E-state index contributed by atoms with van der Waals surface area (Å²) in [6.07, 6.45) is 1.05. The number of nitrogens with one attached hydrogen (secondary N) is 1. The summed E-state index contributed by atoms with van der Waals surface area (Å²) in [5.74, 6) is 1.06. The van der Waals surface area contributed by atoms with Crippen molar-refractivity contribution in [3.8, 4) is 5.75 Å². The van der Waals surface area contributed by atoms with Crippen molar-refractivity contribution >= 4 is 0 Å². The summed E-state index contributed by atoms with van der Waals surface area (Å²) in [5.41, 5.74) is 3.88. The summed E-state index contributed by atoms with van der Waals surface area (Å²) < 4.78 is 5.57. The van der Waals surface area contributed by atoms with Crippen LogP contribution < -0.4 is 10.1 Å². The first-order valence-corrected chi connectivity index (χ1v) is 6.67. The van der Waals surface area contributed by atoms with E-state index in [1.807, 2.05) is 0 Å². The van der Waals surface area contributed by atoms with E-state index in [9.17, 15) is 0 Å². The summed E-state index contributed by atoms with van der Waals surface area (Å²) >= 11 is 0. The molecular weight excluding hydrogens is 224 g/mol. The lowest BCUT2D eigenvalue weighted by Gasteiger charge is -2.33. The molecule has 1 atom stereocenters. The normalized spacial score (nSPS) is 21.0. The van der Waals surface area contributed by atoms with Crippen LogP contribution in [0.2, 0.25) is 0 Å². The fourth-order valence-corrected chi connectivity index (χ4v) is 2.83. The Morgan fingerprint density at radius 2 is 2.17 bits per heavy atom. The summed E-state index contributed by atoms with van der Waals surface area (Å²) in [7, 11) is 3.98. The number of methoxy groups -OCH3 is 1. The molecule has 0 amide bonds. The van der Waals surface area contributed by atoms with E-state index in [0.717, 1.165) is 31.8 Å². The number of likely N-dealkylation sites (N-methyl/N-ethyl adjacent to an activating group) is 1. The highest BCUT2D eigenvalue weighted by Gasteiger charge is 2.20. The molecule has 0 aromatic heterocycles. The second kappa shape index (κ2) is 5.72. The van der Waals surface area contributed by atoms with E-state index in [4.69, 9.17) is 4.74 Å². The van der Waals surface area contributed by atoms with Gasteiger partial charge in [-0.25, -0.2) is 0 Å². The average molecular weight is 248 g/mol. The minimum absolute atomic E-state index is 0.564. The van der Waals surface area contributed by atoms with Crippen LogP contribution in [0.25, 0.3) is 0 Å². The van der Waals surface area contributed by atoms with Gasteiger partial charge in [-0.2, -0.15) is 0 Å². The Morgan fingerprint density at radius 1 is 1.39 bits per heavy atom. The maximum atomic E-state index is 5.57. The minimum Gasteiger partial charge on any atom is -0.496 e. The highest BCUT2D eigenvalue weighted by Crippen LogP contribution is 2.27. The SMILES string of the molecule is COc1c(C)cc(C)cc1CC1CNCCN1C. The maximum absolute atomic E-state index is 5.57. The number of rotatable bonds is 3. The Hall–Kier alpha value is -1.06. The Morgan fingerprint density at radius 3 is 2.83 bits per heavy atom. The summed E-state index contributed by atoms with van der Waals surface area (Å²) in [4.78, 5) is 2.44. The summed E-state index contributed by atoms with van der Waals surface area (Å²) in [6.45, 7) is 7.55. The van der Waals surface area contributed by atoms with Crippen molar-refractivity contribution in [2.45, 2.75) is 26.3 Å². The smallest absolute Gasteiger partial charge is 0.125 e.